The number of fused-ring (bicyclic) bond motifs is 2. The van der Waals surface area contributed by atoms with E-state index in [1.165, 1.54) is 0 Å². The number of unbranched alkanes of at least 4 members (excludes halogenated alkanes) is 1. The third kappa shape index (κ3) is 5.24. The van der Waals surface area contributed by atoms with E-state index >= 15 is 0 Å². The topological polar surface area (TPSA) is 111 Å². The highest BCUT2D eigenvalue weighted by Gasteiger charge is 2.25. The average molecular weight is 496 g/mol. The Kier molecular flexibility index (Phi) is 7.66. The predicted octanol–water partition coefficient (Wildman–Crippen LogP) is 3.53. The monoisotopic (exact) mass is 495 g/mol. The first-order valence-electron chi connectivity index (χ1n) is 12.9. The van der Waals surface area contributed by atoms with Gasteiger partial charge in [0.05, 0.1) is 12.6 Å². The second kappa shape index (κ2) is 10.7. The van der Waals surface area contributed by atoms with Crippen molar-refractivity contribution in [3.8, 4) is 5.75 Å². The van der Waals surface area contributed by atoms with Crippen LogP contribution in [0.5, 0.6) is 5.75 Å². The summed E-state index contributed by atoms with van der Waals surface area (Å²) in [6, 6.07) is 4.07. The Balaban J connectivity index is 1.59. The number of rotatable bonds is 9. The van der Waals surface area contributed by atoms with Crippen LogP contribution in [0.2, 0.25) is 0 Å². The Labute approximate surface area is 210 Å². The second-order valence-corrected chi connectivity index (χ2v) is 10.2. The van der Waals surface area contributed by atoms with Gasteiger partial charge in [-0.05, 0) is 31.7 Å². The van der Waals surface area contributed by atoms with Gasteiger partial charge in [-0.25, -0.2) is 9.78 Å². The van der Waals surface area contributed by atoms with Gasteiger partial charge in [0.2, 0.25) is 5.91 Å². The van der Waals surface area contributed by atoms with Crippen molar-refractivity contribution < 1.29 is 9.53 Å². The van der Waals surface area contributed by atoms with E-state index in [4.69, 9.17) is 9.72 Å². The maximum Gasteiger partial charge on any atom is 0.330 e. The molecule has 1 amide bonds. The Bertz CT molecular complexity index is 1380. The zero-order valence-corrected chi connectivity index (χ0v) is 21.9. The van der Waals surface area contributed by atoms with Crippen molar-refractivity contribution in [3.05, 3.63) is 55.5 Å². The zero-order chi connectivity index (χ0) is 26.0. The Morgan fingerprint density at radius 2 is 2.03 bits per heavy atom. The van der Waals surface area contributed by atoms with E-state index in [1.54, 1.807) is 4.57 Å². The van der Waals surface area contributed by atoms with Gasteiger partial charge < -0.3 is 14.6 Å². The van der Waals surface area contributed by atoms with Gasteiger partial charge in [-0.3, -0.25) is 19.1 Å². The van der Waals surface area contributed by atoms with Crippen molar-refractivity contribution in [1.29, 1.82) is 0 Å². The summed E-state index contributed by atoms with van der Waals surface area (Å²) in [6.45, 7) is 11.9. The molecule has 9 heteroatoms. The average Bonchev–Trinajstić information content (AvgIpc) is 3.16. The first-order chi connectivity index (χ1) is 17.2. The molecule has 1 aromatic carbocycles. The number of imidazole rings is 1. The molecule has 4 rings (SSSR count). The van der Waals surface area contributed by atoms with Crippen LogP contribution >= 0.6 is 0 Å². The third-order valence-electron chi connectivity index (χ3n) is 6.63. The molecule has 0 radical (unpaired) electrons. The van der Waals surface area contributed by atoms with Crippen LogP contribution in [0.15, 0.2) is 21.7 Å². The minimum absolute atomic E-state index is 0.0764. The van der Waals surface area contributed by atoms with E-state index in [0.717, 1.165) is 35.3 Å². The van der Waals surface area contributed by atoms with E-state index in [0.29, 0.717) is 49.5 Å². The van der Waals surface area contributed by atoms with Crippen LogP contribution in [0.3, 0.4) is 0 Å². The Morgan fingerprint density at radius 1 is 1.25 bits per heavy atom. The molecule has 1 aliphatic rings. The molecule has 3 aromatic rings. The molecule has 0 saturated heterocycles. The van der Waals surface area contributed by atoms with Crippen molar-refractivity contribution in [2.75, 3.05) is 6.61 Å². The van der Waals surface area contributed by atoms with Crippen LogP contribution in [-0.2, 0) is 24.3 Å². The quantitative estimate of drug-likeness (QED) is 0.472. The largest absolute Gasteiger partial charge is 0.493 e. The lowest BCUT2D eigenvalue weighted by molar-refractivity contribution is -0.122. The summed E-state index contributed by atoms with van der Waals surface area (Å²) in [5, 5.41) is 3.17. The Hall–Kier alpha value is -3.36. The van der Waals surface area contributed by atoms with Crippen LogP contribution in [0, 0.1) is 19.8 Å². The van der Waals surface area contributed by atoms with Crippen LogP contribution < -0.4 is 21.3 Å². The summed E-state index contributed by atoms with van der Waals surface area (Å²) in [6.07, 6.45) is 3.04. The molecule has 1 aliphatic heterocycles. The SMILES string of the molecule is CCCCn1c(=O)[nH]c(=O)c2c1nc(CCC(=O)NC1CCOc3c(C)cc(C)cc31)n2CC(C)C. The van der Waals surface area contributed by atoms with Crippen molar-refractivity contribution in [1.82, 2.24) is 24.4 Å². The number of aryl methyl sites for hydroxylation is 4. The highest BCUT2D eigenvalue weighted by molar-refractivity contribution is 5.77. The minimum atomic E-state index is -0.441. The van der Waals surface area contributed by atoms with Gasteiger partial charge in [0, 0.05) is 37.9 Å². The number of aromatic nitrogens is 4. The number of carbonyl (C=O) groups excluding carboxylic acids is 1. The molecule has 36 heavy (non-hydrogen) atoms. The maximum absolute atomic E-state index is 13.0. The van der Waals surface area contributed by atoms with Gasteiger partial charge in [-0.15, -0.1) is 0 Å². The normalized spacial score (nSPS) is 15.2. The van der Waals surface area contributed by atoms with Crippen LogP contribution in [0.1, 0.15) is 75.0 Å². The summed E-state index contributed by atoms with van der Waals surface area (Å²) >= 11 is 0. The van der Waals surface area contributed by atoms with E-state index in [9.17, 15) is 14.4 Å². The molecule has 2 N–H and O–H groups in total. The second-order valence-electron chi connectivity index (χ2n) is 10.2. The molecule has 194 valence electrons. The molecule has 2 aromatic heterocycles. The van der Waals surface area contributed by atoms with Crippen molar-refractivity contribution >= 4 is 17.1 Å². The van der Waals surface area contributed by atoms with Crippen molar-refractivity contribution in [2.24, 2.45) is 5.92 Å². The standard InChI is InChI=1S/C27H37N5O4/c1-6-7-11-31-25-23(26(34)30-27(31)35)32(15-16(2)3)21(29-25)8-9-22(33)28-20-10-12-36-24-18(5)13-17(4)14-19(20)24/h13-14,16,20H,6-12,15H2,1-5H3,(H,28,33)(H,30,34,35). The van der Waals surface area contributed by atoms with E-state index < -0.39 is 11.2 Å². The Morgan fingerprint density at radius 3 is 2.75 bits per heavy atom. The van der Waals surface area contributed by atoms with E-state index in [1.807, 2.05) is 18.4 Å². The van der Waals surface area contributed by atoms with Gasteiger partial charge in [0.1, 0.15) is 11.6 Å². The zero-order valence-electron chi connectivity index (χ0n) is 21.9. The predicted molar refractivity (Wildman–Crippen MR) is 140 cm³/mol. The molecule has 3 heterocycles. The van der Waals surface area contributed by atoms with Crippen LogP contribution in [0.4, 0.5) is 0 Å². The number of nitrogens with one attached hydrogen (secondary N) is 2. The van der Waals surface area contributed by atoms with Crippen molar-refractivity contribution in [3.63, 3.8) is 0 Å². The smallest absolute Gasteiger partial charge is 0.330 e. The van der Waals surface area contributed by atoms with Gasteiger partial charge in [-0.1, -0.05) is 44.9 Å². The lowest BCUT2D eigenvalue weighted by Crippen LogP contribution is -2.32. The van der Waals surface area contributed by atoms with E-state index in [2.05, 4.69) is 43.2 Å². The fourth-order valence-corrected chi connectivity index (χ4v) is 5.01. The van der Waals surface area contributed by atoms with Gasteiger partial charge >= 0.3 is 5.69 Å². The van der Waals surface area contributed by atoms with Gasteiger partial charge in [-0.2, -0.15) is 0 Å². The number of ether oxygens (including phenoxy) is 1. The maximum atomic E-state index is 13.0. The van der Waals surface area contributed by atoms with Crippen LogP contribution in [-0.4, -0.2) is 31.6 Å². The molecule has 0 fully saturated rings. The fraction of sp³-hybridized carbons (Fsp3) is 0.556. The highest BCUT2D eigenvalue weighted by Crippen LogP contribution is 2.35. The lowest BCUT2D eigenvalue weighted by atomic mass is 9.95. The summed E-state index contributed by atoms with van der Waals surface area (Å²) in [5.41, 5.74) is 3.16. The number of hydrogen-bond acceptors (Lipinski definition) is 5. The summed E-state index contributed by atoms with van der Waals surface area (Å²) in [4.78, 5) is 45.5. The van der Waals surface area contributed by atoms with Crippen molar-refractivity contribution in [2.45, 2.75) is 85.9 Å². The summed E-state index contributed by atoms with van der Waals surface area (Å²) in [7, 11) is 0. The number of benzene rings is 1. The molecule has 0 spiro atoms. The molecular formula is C27H37N5O4. The van der Waals surface area contributed by atoms with E-state index in [-0.39, 0.29) is 24.3 Å². The minimum Gasteiger partial charge on any atom is -0.493 e. The summed E-state index contributed by atoms with van der Waals surface area (Å²) < 4.78 is 9.30. The van der Waals surface area contributed by atoms with Gasteiger partial charge in [0.15, 0.2) is 11.2 Å². The summed E-state index contributed by atoms with van der Waals surface area (Å²) in [5.74, 6) is 1.69. The number of H-pyrrole nitrogens is 1. The number of nitrogens with zero attached hydrogens (tertiary/aromatic N) is 3. The number of aromatic amines is 1. The molecule has 1 unspecified atom stereocenters. The first-order valence-corrected chi connectivity index (χ1v) is 12.9. The number of carbonyl (C=O) groups is 1. The first kappa shape index (κ1) is 25.7. The number of amides is 1. The molecule has 0 bridgehead atoms. The number of hydrogen-bond donors (Lipinski definition) is 2. The molecule has 9 nitrogen and oxygen atoms in total. The molecule has 1 atom stereocenters. The molecule has 0 saturated carbocycles. The fourth-order valence-electron chi connectivity index (χ4n) is 5.01. The van der Waals surface area contributed by atoms with Crippen LogP contribution in [0.25, 0.3) is 11.2 Å². The lowest BCUT2D eigenvalue weighted by Gasteiger charge is -2.28. The molecule has 0 aliphatic carbocycles. The third-order valence-corrected chi connectivity index (χ3v) is 6.63. The van der Waals surface area contributed by atoms with Gasteiger partial charge in [0.25, 0.3) is 5.56 Å². The molecular weight excluding hydrogens is 458 g/mol. The highest BCUT2D eigenvalue weighted by atomic mass is 16.5.